The Morgan fingerprint density at radius 3 is 1.72 bits per heavy atom. The molecule has 3 aliphatic carbocycles. The monoisotopic (exact) mass is 542 g/mol. The topological polar surface area (TPSA) is 0 Å². The van der Waals surface area contributed by atoms with Crippen LogP contribution in [0.15, 0.2) is 59.7 Å². The molecule has 0 bridgehead atoms. The predicted octanol–water partition coefficient (Wildman–Crippen LogP) is 2.07. The Labute approximate surface area is 226 Å². The number of rotatable bonds is 1. The first-order valence-corrected chi connectivity index (χ1v) is 11.3. The first-order valence-electron chi connectivity index (χ1n) is 11.3. The third-order valence-corrected chi connectivity index (χ3v) is 7.43. The Morgan fingerprint density at radius 2 is 1.25 bits per heavy atom. The second kappa shape index (κ2) is 9.56. The molecule has 1 atom stereocenters. The quantitative estimate of drug-likeness (QED) is 0.516. The van der Waals surface area contributed by atoms with Crippen molar-refractivity contribution in [3.63, 3.8) is 0 Å². The molecule has 3 heteroatoms. The van der Waals surface area contributed by atoms with E-state index in [9.17, 15) is 0 Å². The molecule has 0 radical (unpaired) electrons. The molecule has 0 nitrogen and oxygen atoms in total. The summed E-state index contributed by atoms with van der Waals surface area (Å²) in [6.07, 6.45) is 8.58. The van der Waals surface area contributed by atoms with E-state index in [1.165, 1.54) is 41.5 Å². The van der Waals surface area contributed by atoms with Crippen molar-refractivity contribution < 1.29 is 51.0 Å². The van der Waals surface area contributed by atoms with Crippen molar-refractivity contribution in [3.8, 4) is 11.1 Å². The molecular formula is C29H34Cl2Zr. The second-order valence-corrected chi connectivity index (χ2v) is 11.4. The Morgan fingerprint density at radius 1 is 0.750 bits per heavy atom. The summed E-state index contributed by atoms with van der Waals surface area (Å²) in [6, 6.07) is 14.7. The Bertz CT molecular complexity index is 1000. The van der Waals surface area contributed by atoms with Gasteiger partial charge in [0.05, 0.1) is 0 Å². The van der Waals surface area contributed by atoms with Crippen LogP contribution in [0.5, 0.6) is 0 Å². The van der Waals surface area contributed by atoms with E-state index < -0.39 is 0 Å². The van der Waals surface area contributed by atoms with Crippen LogP contribution in [0.25, 0.3) is 11.1 Å². The SMILES string of the molecule is CC(C)(C)c1ccc2c(c1)-c1cc(C(C)(C)C)ccc1C2C1CCC2=C1C=CC2.[Cl-].[Cl-].[Zr+2]. The van der Waals surface area contributed by atoms with Crippen molar-refractivity contribution in [1.82, 2.24) is 0 Å². The zero-order chi connectivity index (χ0) is 20.6. The molecule has 0 aliphatic heterocycles. The van der Waals surface area contributed by atoms with E-state index in [2.05, 4.69) is 90.1 Å². The molecule has 2 aromatic rings. The van der Waals surface area contributed by atoms with Crippen LogP contribution in [-0.2, 0) is 37.0 Å². The Balaban J connectivity index is 0.00000121. The normalized spacial score (nSPS) is 19.0. The molecule has 0 fully saturated rings. The van der Waals surface area contributed by atoms with Crippen LogP contribution in [0.1, 0.15) is 89.0 Å². The van der Waals surface area contributed by atoms with Crippen molar-refractivity contribution >= 4 is 0 Å². The van der Waals surface area contributed by atoms with Crippen LogP contribution in [0.3, 0.4) is 0 Å². The summed E-state index contributed by atoms with van der Waals surface area (Å²) in [5.41, 5.74) is 12.6. The molecule has 0 spiro atoms. The molecule has 5 rings (SSSR count). The minimum absolute atomic E-state index is 0. The van der Waals surface area contributed by atoms with Crippen molar-refractivity contribution in [2.75, 3.05) is 0 Å². The molecule has 168 valence electrons. The molecule has 32 heavy (non-hydrogen) atoms. The molecule has 0 heterocycles. The van der Waals surface area contributed by atoms with Gasteiger partial charge in [0.2, 0.25) is 0 Å². The van der Waals surface area contributed by atoms with Crippen molar-refractivity contribution in [1.29, 1.82) is 0 Å². The number of fused-ring (bicyclic) bond motifs is 3. The number of hydrogen-bond donors (Lipinski definition) is 0. The number of hydrogen-bond acceptors (Lipinski definition) is 0. The van der Waals surface area contributed by atoms with Crippen LogP contribution in [-0.4, -0.2) is 0 Å². The summed E-state index contributed by atoms with van der Waals surface area (Å²) in [4.78, 5) is 0. The van der Waals surface area contributed by atoms with Crippen molar-refractivity contribution in [3.05, 3.63) is 82.0 Å². The van der Waals surface area contributed by atoms with Gasteiger partial charge in [0.1, 0.15) is 0 Å². The van der Waals surface area contributed by atoms with Crippen LogP contribution in [0, 0.1) is 5.92 Å². The average Bonchev–Trinajstić information content (AvgIpc) is 3.32. The molecule has 0 N–H and O–H groups in total. The minimum atomic E-state index is 0. The fraction of sp³-hybridized carbons (Fsp3) is 0.448. The van der Waals surface area contributed by atoms with Gasteiger partial charge in [-0.15, -0.1) is 0 Å². The van der Waals surface area contributed by atoms with Crippen LogP contribution < -0.4 is 24.8 Å². The van der Waals surface area contributed by atoms with E-state index in [0.717, 1.165) is 0 Å². The summed E-state index contributed by atoms with van der Waals surface area (Å²) in [5.74, 6) is 1.16. The van der Waals surface area contributed by atoms with Gasteiger partial charge in [-0.2, -0.15) is 0 Å². The molecule has 2 aromatic carbocycles. The average molecular weight is 545 g/mol. The van der Waals surface area contributed by atoms with E-state index in [1.54, 1.807) is 22.3 Å². The molecule has 0 amide bonds. The first kappa shape index (κ1) is 27.6. The predicted molar refractivity (Wildman–Crippen MR) is 125 cm³/mol. The van der Waals surface area contributed by atoms with E-state index in [4.69, 9.17) is 0 Å². The molecule has 0 aromatic heterocycles. The summed E-state index contributed by atoms with van der Waals surface area (Å²) >= 11 is 0. The third-order valence-electron chi connectivity index (χ3n) is 7.43. The molecule has 0 saturated heterocycles. The van der Waals surface area contributed by atoms with Gasteiger partial charge < -0.3 is 24.8 Å². The second-order valence-electron chi connectivity index (χ2n) is 11.4. The van der Waals surface area contributed by atoms with Gasteiger partial charge in [0, 0.05) is 5.92 Å². The van der Waals surface area contributed by atoms with Gasteiger partial charge in [-0.05, 0) is 75.0 Å². The smallest absolute Gasteiger partial charge is 1.00 e. The van der Waals surface area contributed by atoms with E-state index in [0.29, 0.717) is 11.8 Å². The summed E-state index contributed by atoms with van der Waals surface area (Å²) in [6.45, 7) is 13.9. The van der Waals surface area contributed by atoms with Gasteiger partial charge in [-0.25, -0.2) is 0 Å². The van der Waals surface area contributed by atoms with Gasteiger partial charge in [-0.1, -0.05) is 95.7 Å². The zero-order valence-electron chi connectivity index (χ0n) is 20.2. The van der Waals surface area contributed by atoms with Gasteiger partial charge >= 0.3 is 26.2 Å². The fourth-order valence-electron chi connectivity index (χ4n) is 5.68. The van der Waals surface area contributed by atoms with Crippen LogP contribution >= 0.6 is 0 Å². The number of allylic oxidation sites excluding steroid dienone is 4. The maximum atomic E-state index is 2.50. The minimum Gasteiger partial charge on any atom is -1.00 e. The van der Waals surface area contributed by atoms with Crippen LogP contribution in [0.4, 0.5) is 0 Å². The number of halogens is 2. The maximum absolute atomic E-state index is 2.50. The zero-order valence-corrected chi connectivity index (χ0v) is 24.1. The summed E-state index contributed by atoms with van der Waals surface area (Å²) in [5, 5.41) is 0. The maximum Gasteiger partial charge on any atom is 2.00 e. The van der Waals surface area contributed by atoms with Gasteiger partial charge in [-0.3, -0.25) is 0 Å². The third kappa shape index (κ3) is 4.52. The van der Waals surface area contributed by atoms with Gasteiger partial charge in [0.25, 0.3) is 0 Å². The Kier molecular flexibility index (Phi) is 8.25. The summed E-state index contributed by atoms with van der Waals surface area (Å²) in [7, 11) is 0. The van der Waals surface area contributed by atoms with Crippen molar-refractivity contribution in [2.24, 2.45) is 5.92 Å². The summed E-state index contributed by atoms with van der Waals surface area (Å²) < 4.78 is 0. The standard InChI is InChI=1S/C29H34.2ClH.Zr/c1-28(2,3)19-11-14-23-25(16-19)26-17-20(29(4,5)6)12-15-24(26)27(23)22-13-10-18-8-7-9-21(18)22;;;/h7,9,11-12,14-17,22,27H,8,10,13H2,1-6H3;2*1H;/q;;;+2/p-2. The first-order chi connectivity index (χ1) is 13.6. The fourth-order valence-corrected chi connectivity index (χ4v) is 5.68. The molecule has 3 aliphatic rings. The Hall–Kier alpha value is -0.617. The van der Waals surface area contributed by atoms with Gasteiger partial charge in [0.15, 0.2) is 0 Å². The van der Waals surface area contributed by atoms with E-state index in [1.807, 2.05) is 0 Å². The molecular weight excluding hydrogens is 510 g/mol. The van der Waals surface area contributed by atoms with E-state index in [-0.39, 0.29) is 61.8 Å². The van der Waals surface area contributed by atoms with Crippen LogP contribution in [0.2, 0.25) is 0 Å². The van der Waals surface area contributed by atoms with Crippen molar-refractivity contribution in [2.45, 2.75) is 77.6 Å². The largest absolute Gasteiger partial charge is 2.00 e. The molecule has 0 saturated carbocycles. The number of benzene rings is 2. The molecule has 1 unspecified atom stereocenters. The van der Waals surface area contributed by atoms with E-state index >= 15 is 0 Å².